The molecular formula is C16H12BrN3O2. The van der Waals surface area contributed by atoms with Gasteiger partial charge in [0.15, 0.2) is 0 Å². The normalized spacial score (nSPS) is 10.4. The van der Waals surface area contributed by atoms with Crippen molar-refractivity contribution < 1.29 is 9.21 Å². The van der Waals surface area contributed by atoms with Gasteiger partial charge in [0.25, 0.3) is 5.91 Å². The minimum atomic E-state index is -0.188. The van der Waals surface area contributed by atoms with Crippen molar-refractivity contribution in [2.24, 2.45) is 0 Å². The van der Waals surface area contributed by atoms with Gasteiger partial charge >= 0.3 is 0 Å². The van der Waals surface area contributed by atoms with Gasteiger partial charge in [0.1, 0.15) is 0 Å². The number of carbonyl (C=O) groups is 1. The molecule has 6 heteroatoms. The van der Waals surface area contributed by atoms with Crippen LogP contribution < -0.4 is 5.32 Å². The van der Waals surface area contributed by atoms with Gasteiger partial charge in [0.2, 0.25) is 11.8 Å². The second kappa shape index (κ2) is 6.53. The Kier molecular flexibility index (Phi) is 4.29. The van der Waals surface area contributed by atoms with Crippen LogP contribution in [-0.4, -0.2) is 16.1 Å². The van der Waals surface area contributed by atoms with Crippen LogP contribution in [0.1, 0.15) is 16.2 Å². The quantitative estimate of drug-likeness (QED) is 0.776. The predicted octanol–water partition coefficient (Wildman–Crippen LogP) is 3.43. The summed E-state index contributed by atoms with van der Waals surface area (Å²) in [5.74, 6) is 0.616. The molecule has 1 N–H and O–H groups in total. The number of rotatable bonds is 4. The van der Waals surface area contributed by atoms with E-state index in [1.165, 1.54) is 0 Å². The van der Waals surface area contributed by atoms with Gasteiger partial charge in [-0.2, -0.15) is 0 Å². The third-order valence-electron chi connectivity index (χ3n) is 2.99. The molecule has 0 unspecified atom stereocenters. The summed E-state index contributed by atoms with van der Waals surface area (Å²) in [4.78, 5) is 12.0. The smallest absolute Gasteiger partial charge is 0.251 e. The molecule has 1 amide bonds. The Balaban J connectivity index is 1.64. The van der Waals surface area contributed by atoms with Crippen molar-refractivity contribution in [2.45, 2.75) is 6.54 Å². The van der Waals surface area contributed by atoms with Crippen LogP contribution in [0.5, 0.6) is 0 Å². The Bertz CT molecular complexity index is 770. The van der Waals surface area contributed by atoms with Gasteiger partial charge in [0, 0.05) is 15.6 Å². The third kappa shape index (κ3) is 3.40. The van der Waals surface area contributed by atoms with Crippen LogP contribution in [0.3, 0.4) is 0 Å². The zero-order valence-electron chi connectivity index (χ0n) is 11.5. The SMILES string of the molecule is O=C(NCc1nnc(-c2ccccc2)o1)c1ccc(Br)cc1. The van der Waals surface area contributed by atoms with Crippen molar-refractivity contribution in [3.63, 3.8) is 0 Å². The van der Waals surface area contributed by atoms with Crippen LogP contribution in [0.15, 0.2) is 63.5 Å². The molecule has 5 nitrogen and oxygen atoms in total. The first-order chi connectivity index (χ1) is 10.7. The lowest BCUT2D eigenvalue weighted by atomic mass is 10.2. The Morgan fingerprint density at radius 2 is 1.77 bits per heavy atom. The first-order valence-electron chi connectivity index (χ1n) is 6.64. The number of nitrogens with one attached hydrogen (secondary N) is 1. The fourth-order valence-electron chi connectivity index (χ4n) is 1.88. The average molecular weight is 358 g/mol. The first-order valence-corrected chi connectivity index (χ1v) is 7.43. The highest BCUT2D eigenvalue weighted by Crippen LogP contribution is 2.16. The van der Waals surface area contributed by atoms with Crippen molar-refractivity contribution in [3.8, 4) is 11.5 Å². The zero-order valence-corrected chi connectivity index (χ0v) is 13.1. The second-order valence-corrected chi connectivity index (χ2v) is 5.47. The fourth-order valence-corrected chi connectivity index (χ4v) is 2.15. The molecule has 0 bridgehead atoms. The molecule has 3 aromatic rings. The Labute approximate surface area is 135 Å². The Morgan fingerprint density at radius 1 is 1.05 bits per heavy atom. The summed E-state index contributed by atoms with van der Waals surface area (Å²) < 4.78 is 6.46. The van der Waals surface area contributed by atoms with Gasteiger partial charge in [-0.05, 0) is 36.4 Å². The van der Waals surface area contributed by atoms with E-state index in [-0.39, 0.29) is 12.5 Å². The van der Waals surface area contributed by atoms with Gasteiger partial charge < -0.3 is 9.73 Å². The van der Waals surface area contributed by atoms with Crippen molar-refractivity contribution in [3.05, 3.63) is 70.5 Å². The van der Waals surface area contributed by atoms with E-state index < -0.39 is 0 Å². The van der Waals surface area contributed by atoms with Crippen molar-refractivity contribution in [1.29, 1.82) is 0 Å². The summed E-state index contributed by atoms with van der Waals surface area (Å²) >= 11 is 3.33. The molecule has 0 saturated heterocycles. The molecule has 0 aliphatic carbocycles. The molecule has 0 atom stereocenters. The van der Waals surface area contributed by atoms with E-state index in [0.717, 1.165) is 10.0 Å². The molecule has 0 radical (unpaired) electrons. The molecule has 22 heavy (non-hydrogen) atoms. The maximum absolute atomic E-state index is 12.0. The molecule has 0 fully saturated rings. The summed E-state index contributed by atoms with van der Waals surface area (Å²) in [6.07, 6.45) is 0. The first kappa shape index (κ1) is 14.5. The van der Waals surface area contributed by atoms with Crippen LogP contribution in [-0.2, 0) is 6.54 Å². The molecule has 0 saturated carbocycles. The van der Waals surface area contributed by atoms with Crippen LogP contribution in [0.4, 0.5) is 0 Å². The monoisotopic (exact) mass is 357 g/mol. The fraction of sp³-hybridized carbons (Fsp3) is 0.0625. The maximum atomic E-state index is 12.0. The average Bonchev–Trinajstić information content (AvgIpc) is 3.03. The molecule has 0 aliphatic heterocycles. The standard InChI is InChI=1S/C16H12BrN3O2/c17-13-8-6-11(7-9-13)15(21)18-10-14-19-20-16(22-14)12-4-2-1-3-5-12/h1-9H,10H2,(H,18,21). The number of hydrogen-bond donors (Lipinski definition) is 1. The van der Waals surface area contributed by atoms with Gasteiger partial charge in [-0.1, -0.05) is 34.1 Å². The largest absolute Gasteiger partial charge is 0.419 e. The molecule has 1 aromatic heterocycles. The van der Waals surface area contributed by atoms with E-state index in [1.807, 2.05) is 42.5 Å². The summed E-state index contributed by atoms with van der Waals surface area (Å²) in [6.45, 7) is 0.189. The highest BCUT2D eigenvalue weighted by Gasteiger charge is 2.10. The van der Waals surface area contributed by atoms with E-state index in [9.17, 15) is 4.79 Å². The number of amides is 1. The number of hydrogen-bond acceptors (Lipinski definition) is 4. The molecule has 0 spiro atoms. The zero-order chi connectivity index (χ0) is 15.4. The minimum Gasteiger partial charge on any atom is -0.419 e. The summed E-state index contributed by atoms with van der Waals surface area (Å²) in [5.41, 5.74) is 1.42. The Morgan fingerprint density at radius 3 is 2.50 bits per heavy atom. The number of nitrogens with zero attached hydrogens (tertiary/aromatic N) is 2. The van der Waals surface area contributed by atoms with Gasteiger partial charge in [-0.15, -0.1) is 10.2 Å². The molecule has 0 aliphatic rings. The third-order valence-corrected chi connectivity index (χ3v) is 3.52. The lowest BCUT2D eigenvalue weighted by molar-refractivity contribution is 0.0947. The predicted molar refractivity (Wildman–Crippen MR) is 85.0 cm³/mol. The van der Waals surface area contributed by atoms with E-state index in [4.69, 9.17) is 4.42 Å². The van der Waals surface area contributed by atoms with E-state index in [1.54, 1.807) is 12.1 Å². The summed E-state index contributed by atoms with van der Waals surface area (Å²) in [7, 11) is 0. The molecule has 110 valence electrons. The number of halogens is 1. The van der Waals surface area contributed by atoms with E-state index in [2.05, 4.69) is 31.4 Å². The highest BCUT2D eigenvalue weighted by atomic mass is 79.9. The van der Waals surface area contributed by atoms with E-state index >= 15 is 0 Å². The van der Waals surface area contributed by atoms with Gasteiger partial charge in [-0.3, -0.25) is 4.79 Å². The van der Waals surface area contributed by atoms with Crippen LogP contribution in [0.2, 0.25) is 0 Å². The lowest BCUT2D eigenvalue weighted by Crippen LogP contribution is -2.22. The number of benzene rings is 2. The maximum Gasteiger partial charge on any atom is 0.251 e. The van der Waals surface area contributed by atoms with Crippen LogP contribution in [0, 0.1) is 0 Å². The number of aromatic nitrogens is 2. The highest BCUT2D eigenvalue weighted by molar-refractivity contribution is 9.10. The molecular weight excluding hydrogens is 346 g/mol. The van der Waals surface area contributed by atoms with Crippen molar-refractivity contribution >= 4 is 21.8 Å². The summed E-state index contributed by atoms with van der Waals surface area (Å²) in [6, 6.07) is 16.6. The second-order valence-electron chi connectivity index (χ2n) is 4.56. The molecule has 1 heterocycles. The number of carbonyl (C=O) groups excluding carboxylic acids is 1. The van der Waals surface area contributed by atoms with Crippen LogP contribution in [0.25, 0.3) is 11.5 Å². The van der Waals surface area contributed by atoms with Gasteiger partial charge in [-0.25, -0.2) is 0 Å². The van der Waals surface area contributed by atoms with Crippen molar-refractivity contribution in [2.75, 3.05) is 0 Å². The minimum absolute atomic E-state index is 0.188. The van der Waals surface area contributed by atoms with Crippen LogP contribution >= 0.6 is 15.9 Å². The van der Waals surface area contributed by atoms with E-state index in [0.29, 0.717) is 17.3 Å². The Hall–Kier alpha value is -2.47. The topological polar surface area (TPSA) is 68.0 Å². The van der Waals surface area contributed by atoms with Gasteiger partial charge in [0.05, 0.1) is 6.54 Å². The summed E-state index contributed by atoms with van der Waals surface area (Å²) in [5, 5.41) is 10.7. The molecule has 2 aromatic carbocycles. The van der Waals surface area contributed by atoms with Crippen molar-refractivity contribution in [1.82, 2.24) is 15.5 Å². The lowest BCUT2D eigenvalue weighted by Gasteiger charge is -2.02. The molecule has 3 rings (SSSR count).